The van der Waals surface area contributed by atoms with Gasteiger partial charge >= 0.3 is 0 Å². The highest BCUT2D eigenvalue weighted by Gasteiger charge is 2.37. The Morgan fingerprint density at radius 1 is 1.40 bits per heavy atom. The summed E-state index contributed by atoms with van der Waals surface area (Å²) in [5, 5.41) is 0. The van der Waals surface area contributed by atoms with Crippen molar-refractivity contribution in [2.45, 2.75) is 44.3 Å². The number of nitrogens with zero attached hydrogens (tertiary/aromatic N) is 1. The predicted octanol–water partition coefficient (Wildman–Crippen LogP) is 2.71. The smallest absolute Gasteiger partial charge is 0.128 e. The minimum atomic E-state index is -0.163. The SMILES string of the molecule is CCC(N)C(c1ccccc1F)N(CCOC)C1CC1. The third-order valence-electron chi connectivity index (χ3n) is 4.03. The summed E-state index contributed by atoms with van der Waals surface area (Å²) in [5.41, 5.74) is 7.02. The van der Waals surface area contributed by atoms with Crippen LogP contribution in [-0.2, 0) is 4.74 Å². The summed E-state index contributed by atoms with van der Waals surface area (Å²) in [5.74, 6) is -0.163. The van der Waals surface area contributed by atoms with Crippen LogP contribution < -0.4 is 5.73 Å². The van der Waals surface area contributed by atoms with E-state index in [0.717, 1.165) is 13.0 Å². The summed E-state index contributed by atoms with van der Waals surface area (Å²) in [4.78, 5) is 2.33. The molecule has 0 amide bonds. The zero-order chi connectivity index (χ0) is 14.5. The molecule has 3 nitrogen and oxygen atoms in total. The Morgan fingerprint density at radius 3 is 2.65 bits per heavy atom. The van der Waals surface area contributed by atoms with Crippen LogP contribution in [0.25, 0.3) is 0 Å². The summed E-state index contributed by atoms with van der Waals surface area (Å²) in [7, 11) is 1.70. The molecule has 112 valence electrons. The molecule has 1 aromatic carbocycles. The van der Waals surface area contributed by atoms with Crippen molar-refractivity contribution in [1.29, 1.82) is 0 Å². The monoisotopic (exact) mass is 280 g/mol. The van der Waals surface area contributed by atoms with E-state index in [1.165, 1.54) is 18.9 Å². The van der Waals surface area contributed by atoms with Gasteiger partial charge in [-0.3, -0.25) is 4.90 Å². The number of benzene rings is 1. The Labute approximate surface area is 120 Å². The number of methoxy groups -OCH3 is 1. The van der Waals surface area contributed by atoms with Gasteiger partial charge in [0.25, 0.3) is 0 Å². The average Bonchev–Trinajstić information content (AvgIpc) is 3.28. The van der Waals surface area contributed by atoms with Gasteiger partial charge in [0.05, 0.1) is 12.6 Å². The van der Waals surface area contributed by atoms with E-state index >= 15 is 0 Å². The van der Waals surface area contributed by atoms with Crippen LogP contribution in [0.15, 0.2) is 24.3 Å². The molecule has 1 fully saturated rings. The first-order chi connectivity index (χ1) is 9.69. The second-order valence-corrected chi connectivity index (χ2v) is 5.50. The molecule has 1 aromatic rings. The molecule has 20 heavy (non-hydrogen) atoms. The highest BCUT2D eigenvalue weighted by Crippen LogP contribution is 2.36. The van der Waals surface area contributed by atoms with Crippen LogP contribution in [0, 0.1) is 5.82 Å². The Hall–Kier alpha value is -0.970. The lowest BCUT2D eigenvalue weighted by Gasteiger charge is -2.36. The van der Waals surface area contributed by atoms with Gasteiger partial charge in [-0.05, 0) is 25.3 Å². The molecule has 1 aliphatic carbocycles. The summed E-state index contributed by atoms with van der Waals surface area (Å²) < 4.78 is 19.4. The molecule has 2 N–H and O–H groups in total. The van der Waals surface area contributed by atoms with Gasteiger partial charge in [-0.25, -0.2) is 4.39 Å². The first-order valence-electron chi connectivity index (χ1n) is 7.43. The van der Waals surface area contributed by atoms with Crippen molar-refractivity contribution in [3.63, 3.8) is 0 Å². The van der Waals surface area contributed by atoms with Gasteiger partial charge in [0.2, 0.25) is 0 Å². The molecule has 0 saturated heterocycles. The number of hydrogen-bond donors (Lipinski definition) is 1. The molecule has 2 rings (SSSR count). The summed E-state index contributed by atoms with van der Waals surface area (Å²) in [6.07, 6.45) is 3.17. The van der Waals surface area contributed by atoms with Crippen molar-refractivity contribution in [3.05, 3.63) is 35.6 Å². The van der Waals surface area contributed by atoms with Gasteiger partial charge in [-0.1, -0.05) is 25.1 Å². The molecule has 4 heteroatoms. The Morgan fingerprint density at radius 2 is 2.10 bits per heavy atom. The van der Waals surface area contributed by atoms with Gasteiger partial charge in [-0.15, -0.1) is 0 Å². The third kappa shape index (κ3) is 3.57. The van der Waals surface area contributed by atoms with E-state index in [4.69, 9.17) is 10.5 Å². The lowest BCUT2D eigenvalue weighted by atomic mass is 9.95. The molecule has 1 saturated carbocycles. The fraction of sp³-hybridized carbons (Fsp3) is 0.625. The zero-order valence-corrected chi connectivity index (χ0v) is 12.4. The predicted molar refractivity (Wildman–Crippen MR) is 79.0 cm³/mol. The average molecular weight is 280 g/mol. The van der Waals surface area contributed by atoms with Crippen molar-refractivity contribution in [1.82, 2.24) is 4.90 Å². The van der Waals surface area contributed by atoms with E-state index in [0.29, 0.717) is 18.2 Å². The van der Waals surface area contributed by atoms with E-state index in [2.05, 4.69) is 11.8 Å². The molecule has 0 heterocycles. The fourth-order valence-electron chi connectivity index (χ4n) is 2.75. The zero-order valence-electron chi connectivity index (χ0n) is 12.4. The van der Waals surface area contributed by atoms with Crippen LogP contribution >= 0.6 is 0 Å². The Kier molecular flexibility index (Phi) is 5.52. The minimum absolute atomic E-state index is 0.0654. The van der Waals surface area contributed by atoms with Crippen molar-refractivity contribution < 1.29 is 9.13 Å². The Bertz CT molecular complexity index is 423. The molecule has 2 atom stereocenters. The molecule has 0 bridgehead atoms. The van der Waals surface area contributed by atoms with E-state index in [9.17, 15) is 4.39 Å². The van der Waals surface area contributed by atoms with Gasteiger partial charge in [-0.2, -0.15) is 0 Å². The van der Waals surface area contributed by atoms with Gasteiger partial charge < -0.3 is 10.5 Å². The van der Waals surface area contributed by atoms with Crippen LogP contribution in [0.1, 0.15) is 37.8 Å². The summed E-state index contributed by atoms with van der Waals surface area (Å²) in [6.45, 7) is 3.51. The van der Waals surface area contributed by atoms with Gasteiger partial charge in [0, 0.05) is 31.3 Å². The van der Waals surface area contributed by atoms with E-state index in [1.54, 1.807) is 13.2 Å². The standard InChI is InChI=1S/C16H25FN2O/c1-3-15(18)16(13-6-4-5-7-14(13)17)19(10-11-20-2)12-8-9-12/h4-7,12,15-16H,3,8-11,18H2,1-2H3. The maximum absolute atomic E-state index is 14.2. The first kappa shape index (κ1) is 15.4. The third-order valence-corrected chi connectivity index (χ3v) is 4.03. The van der Waals surface area contributed by atoms with Crippen molar-refractivity contribution in [2.75, 3.05) is 20.3 Å². The second kappa shape index (κ2) is 7.16. The molecular formula is C16H25FN2O. The minimum Gasteiger partial charge on any atom is -0.383 e. The number of ether oxygens (including phenoxy) is 1. The quantitative estimate of drug-likeness (QED) is 0.795. The number of hydrogen-bond acceptors (Lipinski definition) is 3. The maximum atomic E-state index is 14.2. The number of rotatable bonds is 8. The van der Waals surface area contributed by atoms with E-state index < -0.39 is 0 Å². The molecule has 0 aromatic heterocycles. The molecule has 0 aliphatic heterocycles. The molecular weight excluding hydrogens is 255 g/mol. The van der Waals surface area contributed by atoms with Crippen LogP contribution in [-0.4, -0.2) is 37.2 Å². The van der Waals surface area contributed by atoms with Crippen molar-refractivity contribution in [2.24, 2.45) is 5.73 Å². The second-order valence-electron chi connectivity index (χ2n) is 5.50. The molecule has 0 radical (unpaired) electrons. The first-order valence-corrected chi connectivity index (χ1v) is 7.43. The lowest BCUT2D eigenvalue weighted by molar-refractivity contribution is 0.0994. The van der Waals surface area contributed by atoms with Crippen LogP contribution in [0.3, 0.4) is 0 Å². The Balaban J connectivity index is 2.27. The fourth-order valence-corrected chi connectivity index (χ4v) is 2.75. The van der Waals surface area contributed by atoms with Crippen molar-refractivity contribution >= 4 is 0 Å². The van der Waals surface area contributed by atoms with Crippen LogP contribution in [0.2, 0.25) is 0 Å². The number of nitrogens with two attached hydrogens (primary N) is 1. The molecule has 1 aliphatic rings. The molecule has 0 spiro atoms. The normalized spacial score (nSPS) is 18.2. The van der Waals surface area contributed by atoms with Crippen LogP contribution in [0.5, 0.6) is 0 Å². The van der Waals surface area contributed by atoms with Crippen molar-refractivity contribution in [3.8, 4) is 0 Å². The number of halogens is 1. The summed E-state index contributed by atoms with van der Waals surface area (Å²) in [6, 6.07) is 7.38. The largest absolute Gasteiger partial charge is 0.383 e. The lowest BCUT2D eigenvalue weighted by Crippen LogP contribution is -2.44. The van der Waals surface area contributed by atoms with E-state index in [-0.39, 0.29) is 17.9 Å². The highest BCUT2D eigenvalue weighted by atomic mass is 19.1. The summed E-state index contributed by atoms with van der Waals surface area (Å²) >= 11 is 0. The maximum Gasteiger partial charge on any atom is 0.128 e. The van der Waals surface area contributed by atoms with Gasteiger partial charge in [0.1, 0.15) is 5.82 Å². The highest BCUT2D eigenvalue weighted by molar-refractivity contribution is 5.23. The molecule has 2 unspecified atom stereocenters. The van der Waals surface area contributed by atoms with Crippen LogP contribution in [0.4, 0.5) is 4.39 Å². The van der Waals surface area contributed by atoms with E-state index in [1.807, 2.05) is 12.1 Å². The van der Waals surface area contributed by atoms with Gasteiger partial charge in [0.15, 0.2) is 0 Å². The topological polar surface area (TPSA) is 38.5 Å².